The van der Waals surface area contributed by atoms with Crippen LogP contribution < -0.4 is 10.5 Å². The molecular formula is C16H10N4O6S. The molecule has 1 heterocycles. The number of aliphatic imine (C=N–C) groups is 1. The molecule has 0 saturated heterocycles. The number of carbonyl (C=O) groups excluding carboxylic acids is 1. The summed E-state index contributed by atoms with van der Waals surface area (Å²) >= 11 is 1.06. The molecule has 2 aromatic carbocycles. The summed E-state index contributed by atoms with van der Waals surface area (Å²) in [5.41, 5.74) is 5.24. The van der Waals surface area contributed by atoms with Gasteiger partial charge in [-0.1, -0.05) is 12.1 Å². The Bertz CT molecular complexity index is 1020. The van der Waals surface area contributed by atoms with E-state index in [0.717, 1.165) is 23.9 Å². The largest absolute Gasteiger partial charge is 0.450 e. The molecule has 0 unspecified atom stereocenters. The number of thioether (sulfide) groups is 1. The van der Waals surface area contributed by atoms with Crippen molar-refractivity contribution >= 4 is 40.3 Å². The van der Waals surface area contributed by atoms with E-state index in [1.807, 2.05) is 0 Å². The third-order valence-corrected chi connectivity index (χ3v) is 4.21. The maximum atomic E-state index is 11.6. The van der Waals surface area contributed by atoms with Gasteiger partial charge in [-0.15, -0.1) is 0 Å². The van der Waals surface area contributed by atoms with Crippen molar-refractivity contribution in [3.8, 4) is 11.5 Å². The Balaban J connectivity index is 1.81. The highest BCUT2D eigenvalue weighted by Gasteiger charge is 2.21. The van der Waals surface area contributed by atoms with E-state index in [4.69, 9.17) is 10.5 Å². The second-order valence-electron chi connectivity index (χ2n) is 5.20. The Morgan fingerprint density at radius 1 is 1.07 bits per heavy atom. The van der Waals surface area contributed by atoms with Crippen LogP contribution in [0, 0.1) is 20.2 Å². The van der Waals surface area contributed by atoms with Gasteiger partial charge in [-0.25, -0.2) is 0 Å². The summed E-state index contributed by atoms with van der Waals surface area (Å²) in [6, 6.07) is 9.50. The van der Waals surface area contributed by atoms with Gasteiger partial charge in [-0.05, 0) is 41.6 Å². The number of carbonyl (C=O) groups is 1. The van der Waals surface area contributed by atoms with E-state index >= 15 is 0 Å². The number of nitro groups is 2. The Labute approximate surface area is 155 Å². The van der Waals surface area contributed by atoms with E-state index in [0.29, 0.717) is 10.5 Å². The van der Waals surface area contributed by atoms with Gasteiger partial charge in [0.1, 0.15) is 5.75 Å². The van der Waals surface area contributed by atoms with Crippen LogP contribution in [0.1, 0.15) is 5.56 Å². The number of hydrogen-bond acceptors (Lipinski definition) is 8. The first kappa shape index (κ1) is 18.1. The summed E-state index contributed by atoms with van der Waals surface area (Å²) in [6.07, 6.45) is 1.61. The predicted molar refractivity (Wildman–Crippen MR) is 98.5 cm³/mol. The monoisotopic (exact) mass is 386 g/mol. The highest BCUT2D eigenvalue weighted by Crippen LogP contribution is 2.34. The molecule has 27 heavy (non-hydrogen) atoms. The minimum absolute atomic E-state index is 0.126. The number of benzene rings is 2. The van der Waals surface area contributed by atoms with Gasteiger partial charge in [0.25, 0.3) is 11.6 Å². The van der Waals surface area contributed by atoms with Gasteiger partial charge in [-0.2, -0.15) is 4.99 Å². The van der Waals surface area contributed by atoms with Crippen molar-refractivity contribution in [1.82, 2.24) is 0 Å². The molecule has 2 N–H and O–H groups in total. The van der Waals surface area contributed by atoms with Crippen LogP contribution in [0.5, 0.6) is 11.5 Å². The van der Waals surface area contributed by atoms with E-state index in [1.54, 1.807) is 30.3 Å². The lowest BCUT2D eigenvalue weighted by molar-refractivity contribution is -0.394. The van der Waals surface area contributed by atoms with Crippen LogP contribution in [0.3, 0.4) is 0 Å². The van der Waals surface area contributed by atoms with Crippen molar-refractivity contribution < 1.29 is 19.4 Å². The molecule has 0 aromatic heterocycles. The number of hydrogen-bond donors (Lipinski definition) is 1. The highest BCUT2D eigenvalue weighted by atomic mass is 32.2. The first-order valence-corrected chi connectivity index (χ1v) is 8.14. The number of amides is 1. The van der Waals surface area contributed by atoms with Gasteiger partial charge >= 0.3 is 5.69 Å². The Kier molecular flexibility index (Phi) is 4.86. The van der Waals surface area contributed by atoms with Crippen LogP contribution in [0.25, 0.3) is 6.08 Å². The molecule has 2 aromatic rings. The molecule has 136 valence electrons. The van der Waals surface area contributed by atoms with Crippen LogP contribution >= 0.6 is 11.8 Å². The van der Waals surface area contributed by atoms with E-state index in [-0.39, 0.29) is 16.7 Å². The number of amidine groups is 1. The molecule has 0 radical (unpaired) electrons. The number of ether oxygens (including phenoxy) is 1. The third-order valence-electron chi connectivity index (χ3n) is 3.39. The van der Waals surface area contributed by atoms with Crippen LogP contribution in [0.15, 0.2) is 52.4 Å². The minimum Gasteiger partial charge on any atom is -0.450 e. The summed E-state index contributed by atoms with van der Waals surface area (Å²) in [5, 5.41) is 22.1. The second kappa shape index (κ2) is 7.25. The number of nitrogens with zero attached hydrogens (tertiary/aromatic N) is 3. The normalized spacial score (nSPS) is 14.9. The molecule has 0 bridgehead atoms. The summed E-state index contributed by atoms with van der Waals surface area (Å²) in [5.74, 6) is -0.256. The van der Waals surface area contributed by atoms with Crippen molar-refractivity contribution in [3.05, 3.63) is 73.2 Å². The molecule has 0 fully saturated rings. The zero-order valence-corrected chi connectivity index (χ0v) is 14.2. The Morgan fingerprint density at radius 3 is 2.33 bits per heavy atom. The predicted octanol–water partition coefficient (Wildman–Crippen LogP) is 3.22. The molecule has 0 atom stereocenters. The SMILES string of the molecule is NC1=NC(=O)/C(=C\c2ccc(Oc3ccc([N+](=O)[O-])cc3[N+](=O)[O-])cc2)S1. The zero-order valence-electron chi connectivity index (χ0n) is 13.4. The summed E-state index contributed by atoms with van der Waals surface area (Å²) in [4.78, 5) is 36.0. The fourth-order valence-electron chi connectivity index (χ4n) is 2.18. The summed E-state index contributed by atoms with van der Waals surface area (Å²) in [6.45, 7) is 0. The molecule has 0 spiro atoms. The summed E-state index contributed by atoms with van der Waals surface area (Å²) < 4.78 is 5.47. The number of nitro benzene ring substituents is 2. The van der Waals surface area contributed by atoms with Crippen LogP contribution in [0.2, 0.25) is 0 Å². The lowest BCUT2D eigenvalue weighted by atomic mass is 10.2. The molecule has 0 saturated carbocycles. The lowest BCUT2D eigenvalue weighted by Gasteiger charge is -2.06. The fraction of sp³-hybridized carbons (Fsp3) is 0. The van der Waals surface area contributed by atoms with Crippen molar-refractivity contribution in [2.45, 2.75) is 0 Å². The molecular weight excluding hydrogens is 376 g/mol. The van der Waals surface area contributed by atoms with Gasteiger partial charge in [-0.3, -0.25) is 25.0 Å². The smallest absolute Gasteiger partial charge is 0.318 e. The van der Waals surface area contributed by atoms with Crippen molar-refractivity contribution in [3.63, 3.8) is 0 Å². The maximum absolute atomic E-state index is 11.6. The van der Waals surface area contributed by atoms with E-state index in [2.05, 4.69) is 4.99 Å². The standard InChI is InChI=1S/C16H10N4O6S/c17-16-18-15(21)14(27-16)7-9-1-4-11(5-2-9)26-13-6-3-10(19(22)23)8-12(13)20(24)25/h1-8H,(H2,17,18,21)/b14-7+. The average molecular weight is 386 g/mol. The first-order valence-electron chi connectivity index (χ1n) is 7.32. The first-order chi connectivity index (χ1) is 12.8. The molecule has 1 aliphatic rings. The second-order valence-corrected chi connectivity index (χ2v) is 6.27. The van der Waals surface area contributed by atoms with Crippen LogP contribution in [0.4, 0.5) is 11.4 Å². The molecule has 11 heteroatoms. The topological polar surface area (TPSA) is 151 Å². The maximum Gasteiger partial charge on any atom is 0.318 e. The van der Waals surface area contributed by atoms with Crippen LogP contribution in [-0.4, -0.2) is 20.9 Å². The van der Waals surface area contributed by atoms with E-state index < -0.39 is 27.1 Å². The lowest BCUT2D eigenvalue weighted by Crippen LogP contribution is -2.01. The summed E-state index contributed by atoms with van der Waals surface area (Å²) in [7, 11) is 0. The van der Waals surface area contributed by atoms with Gasteiger partial charge < -0.3 is 10.5 Å². The molecule has 1 amide bonds. The van der Waals surface area contributed by atoms with Gasteiger partial charge in [0, 0.05) is 6.07 Å². The van der Waals surface area contributed by atoms with E-state index in [1.165, 1.54) is 6.07 Å². The molecule has 10 nitrogen and oxygen atoms in total. The van der Waals surface area contributed by atoms with Gasteiger partial charge in [0.05, 0.1) is 20.8 Å². The van der Waals surface area contributed by atoms with Gasteiger partial charge in [0.15, 0.2) is 5.17 Å². The van der Waals surface area contributed by atoms with E-state index in [9.17, 15) is 25.0 Å². The molecule has 3 rings (SSSR count). The highest BCUT2D eigenvalue weighted by molar-refractivity contribution is 8.18. The molecule has 0 aliphatic carbocycles. The minimum atomic E-state index is -0.756. The quantitative estimate of drug-likeness (QED) is 0.467. The van der Waals surface area contributed by atoms with Crippen molar-refractivity contribution in [2.24, 2.45) is 10.7 Å². The molecule has 1 aliphatic heterocycles. The fourth-order valence-corrected chi connectivity index (χ4v) is 2.87. The Hall–Kier alpha value is -3.73. The van der Waals surface area contributed by atoms with Crippen molar-refractivity contribution in [1.29, 1.82) is 0 Å². The van der Waals surface area contributed by atoms with Gasteiger partial charge in [0.2, 0.25) is 5.75 Å². The van der Waals surface area contributed by atoms with Crippen LogP contribution in [-0.2, 0) is 4.79 Å². The number of rotatable bonds is 5. The number of non-ortho nitro benzene ring substituents is 1. The zero-order chi connectivity index (χ0) is 19.6. The number of nitrogens with two attached hydrogens (primary N) is 1. The average Bonchev–Trinajstić information content (AvgIpc) is 2.93. The van der Waals surface area contributed by atoms with Crippen molar-refractivity contribution in [2.75, 3.05) is 0 Å². The Morgan fingerprint density at radius 2 is 1.78 bits per heavy atom. The third kappa shape index (κ3) is 4.10.